The summed E-state index contributed by atoms with van der Waals surface area (Å²) in [5.41, 5.74) is 0.696. The van der Waals surface area contributed by atoms with Gasteiger partial charge in [-0.2, -0.15) is 0 Å². The van der Waals surface area contributed by atoms with Crippen molar-refractivity contribution in [1.29, 1.82) is 0 Å². The third-order valence-electron chi connectivity index (χ3n) is 4.59. The second-order valence-electron chi connectivity index (χ2n) is 6.56. The zero-order valence-electron chi connectivity index (χ0n) is 13.6. The number of carboxylic acids is 1. The number of aromatic carboxylic acids is 1. The molecular weight excluding hydrogens is 345 g/mol. The molecule has 132 valence electrons. The average Bonchev–Trinajstić information content (AvgIpc) is 2.92. The molecular formula is C19H19ClFNO3. The fourth-order valence-electron chi connectivity index (χ4n) is 3.35. The summed E-state index contributed by atoms with van der Waals surface area (Å²) in [4.78, 5) is 13.4. The molecule has 0 amide bonds. The van der Waals surface area contributed by atoms with Crippen LogP contribution in [0.2, 0.25) is 5.02 Å². The summed E-state index contributed by atoms with van der Waals surface area (Å²) in [6.45, 7) is 1.42. The minimum Gasteiger partial charge on any atom is -0.478 e. The van der Waals surface area contributed by atoms with Gasteiger partial charge in [-0.25, -0.2) is 9.18 Å². The average molecular weight is 364 g/mol. The third kappa shape index (κ3) is 4.18. The van der Waals surface area contributed by atoms with Crippen molar-refractivity contribution in [2.24, 2.45) is 0 Å². The van der Waals surface area contributed by atoms with E-state index >= 15 is 0 Å². The van der Waals surface area contributed by atoms with Gasteiger partial charge in [0, 0.05) is 31.1 Å². The molecule has 2 aromatic rings. The number of likely N-dealkylation sites (tertiary alicyclic amines) is 1. The van der Waals surface area contributed by atoms with E-state index in [1.165, 1.54) is 18.2 Å². The molecule has 0 bridgehead atoms. The van der Waals surface area contributed by atoms with Gasteiger partial charge in [0.1, 0.15) is 5.82 Å². The summed E-state index contributed by atoms with van der Waals surface area (Å²) in [7, 11) is 0. The second kappa shape index (κ2) is 7.12. The molecule has 2 aromatic carbocycles. The number of carboxylic acid groups (broad SMARTS) is 1. The lowest BCUT2D eigenvalue weighted by Crippen LogP contribution is -2.35. The third-order valence-corrected chi connectivity index (χ3v) is 4.94. The number of β-amino-alcohol motifs (C(OH)–C–C–N with tert-alkyl or cyclic N) is 1. The first-order chi connectivity index (χ1) is 11.9. The van der Waals surface area contributed by atoms with E-state index in [2.05, 4.69) is 0 Å². The minimum atomic E-state index is -1.02. The van der Waals surface area contributed by atoms with Gasteiger partial charge in [-0.15, -0.1) is 0 Å². The van der Waals surface area contributed by atoms with Crippen molar-refractivity contribution >= 4 is 17.6 Å². The second-order valence-corrected chi connectivity index (χ2v) is 6.97. The summed E-state index contributed by atoms with van der Waals surface area (Å²) in [5, 5.41) is 20.6. The van der Waals surface area contributed by atoms with Crippen LogP contribution in [-0.4, -0.2) is 39.8 Å². The normalized spacial score (nSPS) is 20.8. The first-order valence-corrected chi connectivity index (χ1v) is 8.44. The minimum absolute atomic E-state index is 0.182. The van der Waals surface area contributed by atoms with E-state index in [-0.39, 0.29) is 11.4 Å². The molecule has 1 fully saturated rings. The molecule has 4 nitrogen and oxygen atoms in total. The lowest BCUT2D eigenvalue weighted by molar-refractivity contribution is 0.0487. The molecule has 25 heavy (non-hydrogen) atoms. The Morgan fingerprint density at radius 2 is 1.96 bits per heavy atom. The molecule has 1 unspecified atom stereocenters. The van der Waals surface area contributed by atoms with Crippen molar-refractivity contribution < 1.29 is 19.4 Å². The van der Waals surface area contributed by atoms with E-state index in [9.17, 15) is 19.4 Å². The lowest BCUT2D eigenvalue weighted by Gasteiger charge is -2.24. The maximum absolute atomic E-state index is 13.0. The Hall–Kier alpha value is -1.95. The van der Waals surface area contributed by atoms with Crippen LogP contribution >= 0.6 is 11.6 Å². The number of hydrogen-bond donors (Lipinski definition) is 2. The van der Waals surface area contributed by atoms with E-state index in [4.69, 9.17) is 11.6 Å². The summed E-state index contributed by atoms with van der Waals surface area (Å²) in [5.74, 6) is -1.32. The highest BCUT2D eigenvalue weighted by atomic mass is 35.5. The van der Waals surface area contributed by atoms with Crippen molar-refractivity contribution in [1.82, 2.24) is 4.90 Å². The summed E-state index contributed by atoms with van der Waals surface area (Å²) < 4.78 is 13.0. The molecule has 1 heterocycles. The van der Waals surface area contributed by atoms with Gasteiger partial charge in [0.25, 0.3) is 0 Å². The Labute approximate surface area is 150 Å². The van der Waals surface area contributed by atoms with Crippen LogP contribution in [0.5, 0.6) is 0 Å². The van der Waals surface area contributed by atoms with Gasteiger partial charge in [0.2, 0.25) is 0 Å². The number of rotatable bonds is 5. The van der Waals surface area contributed by atoms with Gasteiger partial charge < -0.3 is 10.2 Å². The summed E-state index contributed by atoms with van der Waals surface area (Å²) >= 11 is 6.18. The summed E-state index contributed by atoms with van der Waals surface area (Å²) in [6, 6.07) is 10.9. The van der Waals surface area contributed by atoms with Crippen molar-refractivity contribution in [3.63, 3.8) is 0 Å². The van der Waals surface area contributed by atoms with E-state index in [0.29, 0.717) is 43.1 Å². The van der Waals surface area contributed by atoms with Gasteiger partial charge >= 0.3 is 5.97 Å². The van der Waals surface area contributed by atoms with Crippen LogP contribution in [0.1, 0.15) is 27.9 Å². The predicted octanol–water partition coefficient (Wildman–Crippen LogP) is 3.36. The molecule has 1 aliphatic rings. The molecule has 0 radical (unpaired) electrons. The Balaban J connectivity index is 1.71. The molecule has 1 aliphatic heterocycles. The fourth-order valence-corrected chi connectivity index (χ4v) is 3.58. The highest BCUT2D eigenvalue weighted by Crippen LogP contribution is 2.29. The number of benzene rings is 2. The molecule has 1 saturated heterocycles. The number of halogens is 2. The Morgan fingerprint density at radius 3 is 2.64 bits per heavy atom. The molecule has 0 saturated carbocycles. The van der Waals surface area contributed by atoms with E-state index in [1.807, 2.05) is 4.90 Å². The highest BCUT2D eigenvalue weighted by Gasteiger charge is 2.36. The maximum Gasteiger partial charge on any atom is 0.336 e. The molecule has 6 heteroatoms. The number of carbonyl (C=O) groups is 1. The van der Waals surface area contributed by atoms with Crippen LogP contribution in [0.25, 0.3) is 0 Å². The zero-order chi connectivity index (χ0) is 18.0. The number of aliphatic hydroxyl groups is 1. The maximum atomic E-state index is 13.0. The van der Waals surface area contributed by atoms with Crippen molar-refractivity contribution in [2.75, 3.05) is 13.1 Å². The SMILES string of the molecule is O=C(O)c1cccc(Cl)c1CN1CCC(O)(Cc2ccc(F)cc2)C1. The van der Waals surface area contributed by atoms with Crippen LogP contribution in [0.4, 0.5) is 4.39 Å². The van der Waals surface area contributed by atoms with Gasteiger partial charge in [0.15, 0.2) is 0 Å². The van der Waals surface area contributed by atoms with Gasteiger partial charge in [0.05, 0.1) is 11.2 Å². The standard InChI is InChI=1S/C19H19ClFNO3/c20-17-3-1-2-15(18(23)24)16(17)11-22-9-8-19(25,12-22)10-13-4-6-14(21)7-5-13/h1-7,25H,8-12H2,(H,23,24). The van der Waals surface area contributed by atoms with E-state index in [0.717, 1.165) is 5.56 Å². The smallest absolute Gasteiger partial charge is 0.336 e. The van der Waals surface area contributed by atoms with Gasteiger partial charge in [-0.05, 0) is 41.8 Å². The molecule has 0 aliphatic carbocycles. The Bertz CT molecular complexity index is 781. The van der Waals surface area contributed by atoms with Crippen LogP contribution in [-0.2, 0) is 13.0 Å². The van der Waals surface area contributed by atoms with Gasteiger partial charge in [-0.1, -0.05) is 29.8 Å². The van der Waals surface area contributed by atoms with E-state index in [1.54, 1.807) is 24.3 Å². The van der Waals surface area contributed by atoms with Crippen LogP contribution in [0.3, 0.4) is 0 Å². The number of nitrogens with zero attached hydrogens (tertiary/aromatic N) is 1. The monoisotopic (exact) mass is 363 g/mol. The quantitative estimate of drug-likeness (QED) is 0.855. The molecule has 0 aromatic heterocycles. The molecule has 2 N–H and O–H groups in total. The van der Waals surface area contributed by atoms with Crippen LogP contribution < -0.4 is 0 Å². The van der Waals surface area contributed by atoms with Crippen LogP contribution in [0.15, 0.2) is 42.5 Å². The van der Waals surface area contributed by atoms with Crippen molar-refractivity contribution in [2.45, 2.75) is 25.0 Å². The largest absolute Gasteiger partial charge is 0.478 e. The van der Waals surface area contributed by atoms with Crippen molar-refractivity contribution in [3.8, 4) is 0 Å². The predicted molar refractivity (Wildman–Crippen MR) is 93.4 cm³/mol. The van der Waals surface area contributed by atoms with Gasteiger partial charge in [-0.3, -0.25) is 4.90 Å². The summed E-state index contributed by atoms with van der Waals surface area (Å²) in [6.07, 6.45) is 0.995. The molecule has 1 atom stereocenters. The molecule has 0 spiro atoms. The first kappa shape index (κ1) is 17.9. The lowest BCUT2D eigenvalue weighted by atomic mass is 9.94. The molecule has 3 rings (SSSR count). The Morgan fingerprint density at radius 1 is 1.24 bits per heavy atom. The van der Waals surface area contributed by atoms with E-state index < -0.39 is 11.6 Å². The zero-order valence-corrected chi connectivity index (χ0v) is 14.3. The highest BCUT2D eigenvalue weighted by molar-refractivity contribution is 6.31. The number of hydrogen-bond acceptors (Lipinski definition) is 3. The van der Waals surface area contributed by atoms with Crippen LogP contribution in [0, 0.1) is 5.82 Å². The Kier molecular flexibility index (Phi) is 5.08. The fraction of sp³-hybridized carbons (Fsp3) is 0.316. The topological polar surface area (TPSA) is 60.8 Å². The van der Waals surface area contributed by atoms with Crippen molar-refractivity contribution in [3.05, 3.63) is 70.0 Å². The first-order valence-electron chi connectivity index (χ1n) is 8.06.